The monoisotopic (exact) mass is 327 g/mol. The van der Waals surface area contributed by atoms with Crippen molar-refractivity contribution in [3.05, 3.63) is 77.6 Å². The number of anilines is 1. The summed E-state index contributed by atoms with van der Waals surface area (Å²) >= 11 is 0. The van der Waals surface area contributed by atoms with Gasteiger partial charge >= 0.3 is 5.97 Å². The number of carbonyl (C=O) groups is 2. The van der Waals surface area contributed by atoms with E-state index < -0.39 is 23.8 Å². The van der Waals surface area contributed by atoms with Gasteiger partial charge in [-0.25, -0.2) is 9.18 Å². The van der Waals surface area contributed by atoms with Gasteiger partial charge in [0.2, 0.25) is 6.10 Å². The van der Waals surface area contributed by atoms with Crippen LogP contribution < -0.4 is 5.32 Å². The van der Waals surface area contributed by atoms with Crippen molar-refractivity contribution in [3.63, 3.8) is 0 Å². The highest BCUT2D eigenvalue weighted by molar-refractivity contribution is 5.96. The molecule has 0 aromatic heterocycles. The van der Waals surface area contributed by atoms with Crippen LogP contribution in [-0.2, 0) is 14.3 Å². The molecule has 1 amide bonds. The van der Waals surface area contributed by atoms with E-state index in [0.29, 0.717) is 11.3 Å². The van der Waals surface area contributed by atoms with Crippen LogP contribution in [0.4, 0.5) is 10.1 Å². The van der Waals surface area contributed by atoms with Crippen LogP contribution >= 0.6 is 0 Å². The highest BCUT2D eigenvalue weighted by Gasteiger charge is 2.24. The van der Waals surface area contributed by atoms with Crippen LogP contribution in [-0.4, -0.2) is 11.9 Å². The maximum absolute atomic E-state index is 13.0. The molecular weight excluding hydrogens is 309 g/mol. The summed E-state index contributed by atoms with van der Waals surface area (Å²) < 4.78 is 18.3. The van der Waals surface area contributed by atoms with Crippen molar-refractivity contribution in [2.24, 2.45) is 0 Å². The Hall–Kier alpha value is -2.95. The van der Waals surface area contributed by atoms with Gasteiger partial charge in [0.05, 0.1) is 0 Å². The highest BCUT2D eigenvalue weighted by Crippen LogP contribution is 2.21. The lowest BCUT2D eigenvalue weighted by atomic mass is 10.1. The molecule has 0 fully saturated rings. The molecule has 2 aromatic rings. The molecule has 24 heavy (non-hydrogen) atoms. The summed E-state index contributed by atoms with van der Waals surface area (Å²) in [4.78, 5) is 24.4. The third-order valence-electron chi connectivity index (χ3n) is 3.09. The molecule has 0 saturated carbocycles. The highest BCUT2D eigenvalue weighted by atomic mass is 19.1. The molecule has 0 aliphatic rings. The van der Waals surface area contributed by atoms with E-state index in [-0.39, 0.29) is 0 Å². The molecular formula is C19H18FNO3. The van der Waals surface area contributed by atoms with Gasteiger partial charge < -0.3 is 10.1 Å². The van der Waals surface area contributed by atoms with Crippen LogP contribution in [0.5, 0.6) is 0 Å². The Morgan fingerprint density at radius 3 is 2.25 bits per heavy atom. The standard InChI is InChI=1S/C19H18FNO3/c1-13(2)12-17(22)24-18(14-6-4-3-5-7-14)19(23)21-16-10-8-15(20)9-11-16/h3-12,18H,1-2H3,(H,21,23)/t18-/m0/s1. The Balaban J connectivity index is 2.21. The first-order valence-corrected chi connectivity index (χ1v) is 7.42. The van der Waals surface area contributed by atoms with E-state index in [1.165, 1.54) is 30.3 Å². The molecule has 0 bridgehead atoms. The Bertz CT molecular complexity index is 735. The van der Waals surface area contributed by atoms with Crippen LogP contribution in [0.2, 0.25) is 0 Å². The van der Waals surface area contributed by atoms with Gasteiger partial charge in [-0.2, -0.15) is 0 Å². The van der Waals surface area contributed by atoms with Crippen LogP contribution in [0.3, 0.4) is 0 Å². The third-order valence-corrected chi connectivity index (χ3v) is 3.09. The predicted molar refractivity (Wildman–Crippen MR) is 89.7 cm³/mol. The second-order valence-corrected chi connectivity index (χ2v) is 5.45. The number of nitrogens with one attached hydrogen (secondary N) is 1. The molecule has 0 aliphatic carbocycles. The zero-order chi connectivity index (χ0) is 17.5. The summed E-state index contributed by atoms with van der Waals surface area (Å²) in [5.74, 6) is -1.51. The lowest BCUT2D eigenvalue weighted by Gasteiger charge is -2.17. The first-order chi connectivity index (χ1) is 11.5. The summed E-state index contributed by atoms with van der Waals surface area (Å²) in [5, 5.41) is 2.62. The lowest BCUT2D eigenvalue weighted by Crippen LogP contribution is -2.25. The molecule has 124 valence electrons. The van der Waals surface area contributed by atoms with E-state index in [9.17, 15) is 14.0 Å². The lowest BCUT2D eigenvalue weighted by molar-refractivity contribution is -0.149. The van der Waals surface area contributed by atoms with Gasteiger partial charge in [-0.15, -0.1) is 0 Å². The number of allylic oxidation sites excluding steroid dienone is 1. The fourth-order valence-corrected chi connectivity index (χ4v) is 2.03. The normalized spacial score (nSPS) is 11.3. The van der Waals surface area contributed by atoms with Crippen LogP contribution in [0.1, 0.15) is 25.5 Å². The zero-order valence-corrected chi connectivity index (χ0v) is 13.5. The molecule has 0 spiro atoms. The van der Waals surface area contributed by atoms with Crippen LogP contribution in [0.15, 0.2) is 66.2 Å². The fourth-order valence-electron chi connectivity index (χ4n) is 2.03. The Morgan fingerprint density at radius 1 is 1.04 bits per heavy atom. The van der Waals surface area contributed by atoms with E-state index in [1.807, 2.05) is 0 Å². The second kappa shape index (κ2) is 8.06. The minimum absolute atomic E-state index is 0.400. The molecule has 1 atom stereocenters. The molecule has 1 N–H and O–H groups in total. The predicted octanol–water partition coefficient (Wildman–Crippen LogP) is 4.01. The number of hydrogen-bond donors (Lipinski definition) is 1. The number of halogens is 1. The van der Waals surface area contributed by atoms with E-state index in [1.54, 1.807) is 44.2 Å². The van der Waals surface area contributed by atoms with Crippen molar-refractivity contribution < 1.29 is 18.7 Å². The average molecular weight is 327 g/mol. The summed E-state index contributed by atoms with van der Waals surface area (Å²) in [5.41, 5.74) is 1.74. The summed E-state index contributed by atoms with van der Waals surface area (Å²) in [7, 11) is 0. The van der Waals surface area contributed by atoms with Crippen LogP contribution in [0, 0.1) is 5.82 Å². The number of esters is 1. The van der Waals surface area contributed by atoms with Gasteiger partial charge in [-0.05, 0) is 38.1 Å². The van der Waals surface area contributed by atoms with E-state index in [2.05, 4.69) is 5.32 Å². The molecule has 0 heterocycles. The number of rotatable bonds is 5. The fraction of sp³-hybridized carbons (Fsp3) is 0.158. The molecule has 0 radical (unpaired) electrons. The summed E-state index contributed by atoms with van der Waals surface area (Å²) in [6.07, 6.45) is 0.223. The van der Waals surface area contributed by atoms with Gasteiger partial charge in [-0.1, -0.05) is 35.9 Å². The Labute approximate surface area is 140 Å². The topological polar surface area (TPSA) is 55.4 Å². The smallest absolute Gasteiger partial charge is 0.331 e. The van der Waals surface area contributed by atoms with Gasteiger partial charge in [0, 0.05) is 17.3 Å². The van der Waals surface area contributed by atoms with Crippen molar-refractivity contribution in [2.75, 3.05) is 5.32 Å². The maximum Gasteiger partial charge on any atom is 0.331 e. The summed E-state index contributed by atoms with van der Waals surface area (Å²) in [6, 6.07) is 14.1. The van der Waals surface area contributed by atoms with Crippen molar-refractivity contribution in [2.45, 2.75) is 20.0 Å². The molecule has 2 rings (SSSR count). The van der Waals surface area contributed by atoms with Crippen molar-refractivity contribution in [1.29, 1.82) is 0 Å². The number of carbonyl (C=O) groups excluding carboxylic acids is 2. The quantitative estimate of drug-likeness (QED) is 0.667. The Kier molecular flexibility index (Phi) is 5.84. The SMILES string of the molecule is CC(C)=CC(=O)O[C@H](C(=O)Nc1ccc(F)cc1)c1ccccc1. The number of benzene rings is 2. The van der Waals surface area contributed by atoms with E-state index in [4.69, 9.17) is 4.74 Å². The minimum atomic E-state index is -1.10. The molecule has 4 nitrogen and oxygen atoms in total. The molecule has 0 aliphatic heterocycles. The van der Waals surface area contributed by atoms with Gasteiger partial charge in [-0.3, -0.25) is 4.79 Å². The van der Waals surface area contributed by atoms with Crippen molar-refractivity contribution >= 4 is 17.6 Å². The van der Waals surface area contributed by atoms with Gasteiger partial charge in [0.1, 0.15) is 5.82 Å². The molecule has 0 unspecified atom stereocenters. The largest absolute Gasteiger partial charge is 0.444 e. The number of hydrogen-bond acceptors (Lipinski definition) is 3. The van der Waals surface area contributed by atoms with Crippen molar-refractivity contribution in [3.8, 4) is 0 Å². The molecule has 2 aromatic carbocycles. The summed E-state index contributed by atoms with van der Waals surface area (Å²) in [6.45, 7) is 3.52. The third kappa shape index (κ3) is 5.05. The second-order valence-electron chi connectivity index (χ2n) is 5.45. The van der Waals surface area contributed by atoms with Gasteiger partial charge in [0.15, 0.2) is 0 Å². The van der Waals surface area contributed by atoms with Crippen LogP contribution in [0.25, 0.3) is 0 Å². The molecule has 0 saturated heterocycles. The first-order valence-electron chi connectivity index (χ1n) is 7.42. The number of ether oxygens (including phenoxy) is 1. The van der Waals surface area contributed by atoms with E-state index >= 15 is 0 Å². The van der Waals surface area contributed by atoms with Crippen molar-refractivity contribution in [1.82, 2.24) is 0 Å². The average Bonchev–Trinajstić information content (AvgIpc) is 2.55. The van der Waals surface area contributed by atoms with E-state index in [0.717, 1.165) is 5.57 Å². The minimum Gasteiger partial charge on any atom is -0.444 e. The maximum atomic E-state index is 13.0. The first kappa shape index (κ1) is 17.4. The molecule has 5 heteroatoms. The number of amides is 1. The zero-order valence-electron chi connectivity index (χ0n) is 13.5. The Morgan fingerprint density at radius 2 is 1.67 bits per heavy atom. The van der Waals surface area contributed by atoms with Gasteiger partial charge in [0.25, 0.3) is 5.91 Å².